The third kappa shape index (κ3) is 3.11. The molecule has 1 unspecified atom stereocenters. The van der Waals surface area contributed by atoms with Gasteiger partial charge < -0.3 is 11.1 Å². The largest absolute Gasteiger partial charge is 0.357 e. The number of nitrogens with two attached hydrogens (primary N) is 1. The number of hydrogen-bond donors (Lipinski definition) is 3. The summed E-state index contributed by atoms with van der Waals surface area (Å²) in [6, 6.07) is 1.30. The molecule has 0 aromatic carbocycles. The van der Waals surface area contributed by atoms with Crippen LogP contribution in [0.2, 0.25) is 0 Å². The summed E-state index contributed by atoms with van der Waals surface area (Å²) < 4.78 is 1.61. The molecule has 2 heterocycles. The van der Waals surface area contributed by atoms with Crippen molar-refractivity contribution in [2.24, 2.45) is 12.8 Å². The van der Waals surface area contributed by atoms with Gasteiger partial charge in [-0.05, 0) is 12.3 Å². The number of anilines is 1. The molecule has 0 radical (unpaired) electrons. The Kier molecular flexibility index (Phi) is 3.82. The highest BCUT2D eigenvalue weighted by molar-refractivity contribution is 6.01. The zero-order valence-corrected chi connectivity index (χ0v) is 10.6. The molecule has 1 aromatic heterocycles. The zero-order valence-electron chi connectivity index (χ0n) is 10.6. The van der Waals surface area contributed by atoms with Crippen LogP contribution in [0.3, 0.4) is 0 Å². The lowest BCUT2D eigenvalue weighted by Crippen LogP contribution is -2.47. The quantitative estimate of drug-likeness (QED) is 0.465. The van der Waals surface area contributed by atoms with E-state index >= 15 is 0 Å². The Morgan fingerprint density at radius 2 is 2.42 bits per heavy atom. The van der Waals surface area contributed by atoms with Crippen LogP contribution in [0.25, 0.3) is 0 Å². The predicted octanol–water partition coefficient (Wildman–Crippen LogP) is -1.05. The van der Waals surface area contributed by atoms with Crippen molar-refractivity contribution in [3.05, 3.63) is 11.8 Å². The molecule has 1 fully saturated rings. The molecule has 2 amide bonds. The maximum atomic E-state index is 11.6. The summed E-state index contributed by atoms with van der Waals surface area (Å²) >= 11 is 0. The third-order valence-electron chi connectivity index (χ3n) is 2.76. The van der Waals surface area contributed by atoms with Gasteiger partial charge in [0.25, 0.3) is 0 Å². The highest BCUT2D eigenvalue weighted by Gasteiger charge is 2.26. The fourth-order valence-corrected chi connectivity index (χ4v) is 1.81. The summed E-state index contributed by atoms with van der Waals surface area (Å²) in [5.74, 6) is 5.62. The van der Waals surface area contributed by atoms with Crippen LogP contribution < -0.4 is 16.4 Å². The number of carbonyl (C=O) groups excluding carboxylic acids is 2. The first kappa shape index (κ1) is 13.1. The number of imide groups is 1. The van der Waals surface area contributed by atoms with E-state index in [4.69, 9.17) is 5.73 Å². The molecule has 1 atom stereocenters. The van der Waals surface area contributed by atoms with Gasteiger partial charge in [-0.3, -0.25) is 19.6 Å². The van der Waals surface area contributed by atoms with Gasteiger partial charge in [-0.25, -0.2) is 0 Å². The Morgan fingerprint density at radius 1 is 1.63 bits per heavy atom. The molecule has 0 bridgehead atoms. The van der Waals surface area contributed by atoms with Crippen LogP contribution in [0.1, 0.15) is 18.5 Å². The summed E-state index contributed by atoms with van der Waals surface area (Å²) in [7, 11) is 1.76. The van der Waals surface area contributed by atoms with Crippen molar-refractivity contribution in [1.82, 2.24) is 15.1 Å². The lowest BCUT2D eigenvalue weighted by molar-refractivity contribution is -0.133. The van der Waals surface area contributed by atoms with Gasteiger partial charge in [0.1, 0.15) is 17.6 Å². The number of rotatable bonds is 2. The summed E-state index contributed by atoms with van der Waals surface area (Å²) in [5.41, 5.74) is 6.02. The van der Waals surface area contributed by atoms with Crippen LogP contribution in [-0.4, -0.2) is 34.2 Å². The van der Waals surface area contributed by atoms with E-state index in [1.807, 2.05) is 0 Å². The third-order valence-corrected chi connectivity index (χ3v) is 2.76. The molecule has 1 saturated heterocycles. The van der Waals surface area contributed by atoms with Crippen LogP contribution >= 0.6 is 0 Å². The first-order valence-electron chi connectivity index (χ1n) is 5.93. The molecule has 1 aromatic rings. The van der Waals surface area contributed by atoms with Crippen LogP contribution in [0, 0.1) is 11.8 Å². The van der Waals surface area contributed by atoms with E-state index in [2.05, 4.69) is 27.6 Å². The fraction of sp³-hybridized carbons (Fsp3) is 0.417. The van der Waals surface area contributed by atoms with Gasteiger partial charge in [-0.1, -0.05) is 5.92 Å². The second-order valence-corrected chi connectivity index (χ2v) is 4.19. The van der Waals surface area contributed by atoms with Crippen LogP contribution in [-0.2, 0) is 16.6 Å². The molecular weight excluding hydrogens is 246 g/mol. The molecule has 1 aliphatic heterocycles. The van der Waals surface area contributed by atoms with E-state index in [-0.39, 0.29) is 18.4 Å². The van der Waals surface area contributed by atoms with E-state index in [1.165, 1.54) is 0 Å². The molecule has 100 valence electrons. The van der Waals surface area contributed by atoms with E-state index in [0.717, 1.165) is 0 Å². The lowest BCUT2D eigenvalue weighted by atomic mass is 10.1. The fourth-order valence-electron chi connectivity index (χ4n) is 1.81. The molecule has 0 aliphatic carbocycles. The van der Waals surface area contributed by atoms with Crippen LogP contribution in [0.5, 0.6) is 0 Å². The minimum absolute atomic E-state index is 0.237. The first-order chi connectivity index (χ1) is 9.10. The molecule has 19 heavy (non-hydrogen) atoms. The Bertz CT molecular complexity index is 566. The number of aromatic nitrogens is 2. The molecule has 1 aliphatic rings. The van der Waals surface area contributed by atoms with Crippen molar-refractivity contribution in [1.29, 1.82) is 0 Å². The van der Waals surface area contributed by atoms with Gasteiger partial charge in [-0.2, -0.15) is 5.10 Å². The molecule has 0 saturated carbocycles. The van der Waals surface area contributed by atoms with Gasteiger partial charge in [0.2, 0.25) is 11.8 Å². The van der Waals surface area contributed by atoms with Crippen molar-refractivity contribution in [3.63, 3.8) is 0 Å². The maximum absolute atomic E-state index is 11.6. The number of amides is 2. The van der Waals surface area contributed by atoms with Crippen LogP contribution in [0.4, 0.5) is 5.82 Å². The van der Waals surface area contributed by atoms with E-state index in [1.54, 1.807) is 17.8 Å². The number of nitrogens with zero attached hydrogens (tertiary/aromatic N) is 2. The smallest absolute Gasteiger partial charge is 0.249 e. The summed E-state index contributed by atoms with van der Waals surface area (Å²) in [6.45, 7) is 0.279. The van der Waals surface area contributed by atoms with Gasteiger partial charge in [-0.15, -0.1) is 0 Å². The summed E-state index contributed by atoms with van der Waals surface area (Å²) in [4.78, 5) is 22.6. The Hall–Kier alpha value is -2.33. The minimum atomic E-state index is -0.442. The SMILES string of the molecule is Cn1nc(NC2CCC(=O)NC2=O)cc1C#CCN. The number of nitrogens with one attached hydrogen (secondary N) is 2. The number of carbonyl (C=O) groups is 2. The normalized spacial score (nSPS) is 18.5. The van der Waals surface area contributed by atoms with Crippen molar-refractivity contribution < 1.29 is 9.59 Å². The summed E-state index contributed by atoms with van der Waals surface area (Å²) in [6.07, 6.45) is 0.793. The average molecular weight is 261 g/mol. The van der Waals surface area contributed by atoms with E-state index in [9.17, 15) is 9.59 Å². The van der Waals surface area contributed by atoms with Gasteiger partial charge in [0, 0.05) is 19.5 Å². The maximum Gasteiger partial charge on any atom is 0.249 e. The molecule has 0 spiro atoms. The Labute approximate surface area is 110 Å². The van der Waals surface area contributed by atoms with Crippen molar-refractivity contribution >= 4 is 17.6 Å². The molecular formula is C12H15N5O2. The topological polar surface area (TPSA) is 102 Å². The van der Waals surface area contributed by atoms with Crippen molar-refractivity contribution in [2.75, 3.05) is 11.9 Å². The second kappa shape index (κ2) is 5.54. The average Bonchev–Trinajstić information content (AvgIpc) is 2.71. The van der Waals surface area contributed by atoms with Crippen LogP contribution in [0.15, 0.2) is 6.07 Å². The molecule has 4 N–H and O–H groups in total. The number of aryl methyl sites for hydroxylation is 1. The number of piperidine rings is 1. The molecule has 7 heteroatoms. The Balaban J connectivity index is 2.07. The highest BCUT2D eigenvalue weighted by Crippen LogP contribution is 2.13. The van der Waals surface area contributed by atoms with Crippen molar-refractivity contribution in [3.8, 4) is 11.8 Å². The predicted molar refractivity (Wildman–Crippen MR) is 68.9 cm³/mol. The summed E-state index contributed by atoms with van der Waals surface area (Å²) in [5, 5.41) is 9.49. The van der Waals surface area contributed by atoms with Gasteiger partial charge in [0.05, 0.1) is 6.54 Å². The zero-order chi connectivity index (χ0) is 13.8. The second-order valence-electron chi connectivity index (χ2n) is 4.19. The standard InChI is InChI=1S/C12H15N5O2/c1-17-8(3-2-6-13)7-10(16-17)14-9-4-5-11(18)15-12(9)19/h7,9H,4-6,13H2,1H3,(H,14,16)(H,15,18,19). The van der Waals surface area contributed by atoms with E-state index in [0.29, 0.717) is 24.4 Å². The minimum Gasteiger partial charge on any atom is -0.357 e. The highest BCUT2D eigenvalue weighted by atomic mass is 16.2. The monoisotopic (exact) mass is 261 g/mol. The van der Waals surface area contributed by atoms with Gasteiger partial charge in [0.15, 0.2) is 0 Å². The van der Waals surface area contributed by atoms with Gasteiger partial charge >= 0.3 is 0 Å². The molecule has 7 nitrogen and oxygen atoms in total. The Morgan fingerprint density at radius 3 is 3.11 bits per heavy atom. The van der Waals surface area contributed by atoms with Crippen molar-refractivity contribution in [2.45, 2.75) is 18.9 Å². The first-order valence-corrected chi connectivity index (χ1v) is 5.93. The molecule has 2 rings (SSSR count). The number of hydrogen-bond acceptors (Lipinski definition) is 5. The lowest BCUT2D eigenvalue weighted by Gasteiger charge is -2.21. The van der Waals surface area contributed by atoms with E-state index < -0.39 is 6.04 Å².